The van der Waals surface area contributed by atoms with Crippen LogP contribution in [0, 0.1) is 0 Å². The normalized spacial score (nSPS) is 19.4. The van der Waals surface area contributed by atoms with E-state index in [4.69, 9.17) is 4.52 Å². The van der Waals surface area contributed by atoms with E-state index in [1.54, 1.807) is 0 Å². The lowest BCUT2D eigenvalue weighted by Gasteiger charge is -2.06. The second kappa shape index (κ2) is 4.90. The number of rotatable bonds is 2. The predicted molar refractivity (Wildman–Crippen MR) is 65.0 cm³/mol. The summed E-state index contributed by atoms with van der Waals surface area (Å²) in [6.45, 7) is 1.64. The Labute approximate surface area is 113 Å². The highest BCUT2D eigenvalue weighted by Crippen LogP contribution is 2.32. The molecule has 1 aromatic carbocycles. The van der Waals surface area contributed by atoms with Crippen LogP contribution in [-0.4, -0.2) is 23.2 Å². The fraction of sp³-hybridized carbons (Fsp3) is 0.385. The number of halogens is 3. The third-order valence-corrected chi connectivity index (χ3v) is 3.30. The van der Waals surface area contributed by atoms with Crippen molar-refractivity contribution in [3.63, 3.8) is 0 Å². The molecule has 1 fully saturated rings. The zero-order valence-electron chi connectivity index (χ0n) is 10.4. The van der Waals surface area contributed by atoms with E-state index in [1.165, 1.54) is 12.1 Å². The summed E-state index contributed by atoms with van der Waals surface area (Å²) in [6, 6.07) is 4.93. The fourth-order valence-corrected chi connectivity index (χ4v) is 2.22. The van der Waals surface area contributed by atoms with Crippen LogP contribution in [-0.2, 0) is 6.18 Å². The molecule has 1 N–H and O–H groups in total. The van der Waals surface area contributed by atoms with Gasteiger partial charge in [0.1, 0.15) is 0 Å². The number of alkyl halides is 3. The molecule has 1 aliphatic rings. The van der Waals surface area contributed by atoms with E-state index in [2.05, 4.69) is 15.5 Å². The molecule has 0 spiro atoms. The van der Waals surface area contributed by atoms with Crippen molar-refractivity contribution >= 4 is 0 Å². The van der Waals surface area contributed by atoms with Gasteiger partial charge < -0.3 is 9.84 Å². The van der Waals surface area contributed by atoms with Gasteiger partial charge in [0, 0.05) is 12.1 Å². The maximum absolute atomic E-state index is 12.7. The Morgan fingerprint density at radius 2 is 2.15 bits per heavy atom. The summed E-state index contributed by atoms with van der Waals surface area (Å²) in [5.41, 5.74) is -0.412. The zero-order chi connectivity index (χ0) is 14.2. The van der Waals surface area contributed by atoms with Crippen LogP contribution in [0.4, 0.5) is 13.2 Å². The molecule has 0 radical (unpaired) electrons. The zero-order valence-corrected chi connectivity index (χ0v) is 10.4. The lowest BCUT2D eigenvalue weighted by atomic mass is 10.1. The molecule has 106 valence electrons. The van der Waals surface area contributed by atoms with E-state index in [-0.39, 0.29) is 11.7 Å². The molecular weight excluding hydrogens is 271 g/mol. The molecule has 0 saturated carbocycles. The van der Waals surface area contributed by atoms with Crippen molar-refractivity contribution in [2.24, 2.45) is 0 Å². The Bertz CT molecular complexity index is 603. The topological polar surface area (TPSA) is 51.0 Å². The molecule has 7 heteroatoms. The molecule has 20 heavy (non-hydrogen) atoms. The number of aromatic nitrogens is 2. The lowest BCUT2D eigenvalue weighted by Crippen LogP contribution is -2.08. The highest BCUT2D eigenvalue weighted by Gasteiger charge is 2.31. The van der Waals surface area contributed by atoms with Crippen LogP contribution in [0.25, 0.3) is 11.4 Å². The molecule has 1 saturated heterocycles. The second-order valence-corrected chi connectivity index (χ2v) is 4.72. The monoisotopic (exact) mass is 283 g/mol. The molecule has 0 bridgehead atoms. The first-order valence-corrected chi connectivity index (χ1v) is 6.26. The van der Waals surface area contributed by atoms with Gasteiger partial charge in [-0.3, -0.25) is 0 Å². The lowest BCUT2D eigenvalue weighted by molar-refractivity contribution is -0.137. The van der Waals surface area contributed by atoms with E-state index in [0.29, 0.717) is 11.5 Å². The minimum absolute atomic E-state index is 0.141. The van der Waals surface area contributed by atoms with Gasteiger partial charge in [0.25, 0.3) is 0 Å². The molecule has 1 aliphatic heterocycles. The van der Waals surface area contributed by atoms with Gasteiger partial charge in [0.15, 0.2) is 0 Å². The maximum atomic E-state index is 12.7. The molecule has 2 aromatic rings. The van der Waals surface area contributed by atoms with Crippen molar-refractivity contribution < 1.29 is 17.7 Å². The first-order valence-electron chi connectivity index (χ1n) is 6.26. The quantitative estimate of drug-likeness (QED) is 0.920. The van der Waals surface area contributed by atoms with Crippen LogP contribution in [0.2, 0.25) is 0 Å². The number of hydrogen-bond donors (Lipinski definition) is 1. The summed E-state index contributed by atoms with van der Waals surface area (Å²) in [6.07, 6.45) is -3.48. The average Bonchev–Trinajstić information content (AvgIpc) is 3.09. The Morgan fingerprint density at radius 1 is 1.30 bits per heavy atom. The third kappa shape index (κ3) is 2.53. The van der Waals surface area contributed by atoms with Crippen LogP contribution in [0.1, 0.15) is 23.8 Å². The van der Waals surface area contributed by atoms with Gasteiger partial charge in [-0.2, -0.15) is 18.2 Å². The van der Waals surface area contributed by atoms with Crippen molar-refractivity contribution in [2.45, 2.75) is 18.5 Å². The van der Waals surface area contributed by atoms with Gasteiger partial charge in [-0.15, -0.1) is 0 Å². The van der Waals surface area contributed by atoms with Gasteiger partial charge in [-0.05, 0) is 25.1 Å². The molecule has 0 unspecified atom stereocenters. The highest BCUT2D eigenvalue weighted by molar-refractivity contribution is 5.55. The SMILES string of the molecule is FC(F)(F)c1cccc(-c2noc([C@@H]3CCNC3)n2)c1. The van der Waals surface area contributed by atoms with Crippen LogP contribution in [0.3, 0.4) is 0 Å². The number of nitrogens with zero attached hydrogens (tertiary/aromatic N) is 2. The molecular formula is C13H12F3N3O. The van der Waals surface area contributed by atoms with E-state index in [1.807, 2.05) is 0 Å². The first kappa shape index (κ1) is 13.1. The smallest absolute Gasteiger partial charge is 0.339 e. The third-order valence-electron chi connectivity index (χ3n) is 3.30. The van der Waals surface area contributed by atoms with Crippen molar-refractivity contribution in [1.29, 1.82) is 0 Å². The molecule has 2 heterocycles. The Hall–Kier alpha value is -1.89. The summed E-state index contributed by atoms with van der Waals surface area (Å²) in [5, 5.41) is 6.95. The van der Waals surface area contributed by atoms with Gasteiger partial charge >= 0.3 is 6.18 Å². The molecule has 4 nitrogen and oxygen atoms in total. The highest BCUT2D eigenvalue weighted by atomic mass is 19.4. The Kier molecular flexibility index (Phi) is 3.21. The molecule has 1 atom stereocenters. The standard InChI is InChI=1S/C13H12F3N3O/c14-13(15,16)10-3-1-2-8(6-10)11-18-12(20-19-11)9-4-5-17-7-9/h1-3,6,9,17H,4-5,7H2/t9-/m1/s1. The van der Waals surface area contributed by atoms with Gasteiger partial charge in [-0.25, -0.2) is 0 Å². The van der Waals surface area contributed by atoms with Crippen LogP contribution < -0.4 is 5.32 Å². The van der Waals surface area contributed by atoms with Crippen molar-refractivity contribution in [3.8, 4) is 11.4 Å². The minimum Gasteiger partial charge on any atom is -0.339 e. The van der Waals surface area contributed by atoms with E-state index >= 15 is 0 Å². The largest absolute Gasteiger partial charge is 0.416 e. The fourth-order valence-electron chi connectivity index (χ4n) is 2.22. The van der Waals surface area contributed by atoms with Crippen molar-refractivity contribution in [2.75, 3.05) is 13.1 Å². The number of nitrogens with one attached hydrogen (secondary N) is 1. The van der Waals surface area contributed by atoms with Gasteiger partial charge in [-0.1, -0.05) is 17.3 Å². The van der Waals surface area contributed by atoms with E-state index < -0.39 is 11.7 Å². The summed E-state index contributed by atoms with van der Waals surface area (Å²) in [7, 11) is 0. The van der Waals surface area contributed by atoms with E-state index in [9.17, 15) is 13.2 Å². The molecule has 0 amide bonds. The van der Waals surface area contributed by atoms with Crippen molar-refractivity contribution in [3.05, 3.63) is 35.7 Å². The Morgan fingerprint density at radius 3 is 2.85 bits per heavy atom. The minimum atomic E-state index is -4.38. The van der Waals surface area contributed by atoms with Crippen LogP contribution in [0.15, 0.2) is 28.8 Å². The Balaban J connectivity index is 1.89. The van der Waals surface area contributed by atoms with Crippen LogP contribution >= 0.6 is 0 Å². The van der Waals surface area contributed by atoms with Gasteiger partial charge in [0.05, 0.1) is 11.5 Å². The summed E-state index contributed by atoms with van der Waals surface area (Å²) in [5.74, 6) is 0.808. The summed E-state index contributed by atoms with van der Waals surface area (Å²) in [4.78, 5) is 4.20. The molecule has 0 aliphatic carbocycles. The van der Waals surface area contributed by atoms with Crippen molar-refractivity contribution in [1.82, 2.24) is 15.5 Å². The molecule has 3 rings (SSSR count). The number of benzene rings is 1. The summed E-state index contributed by atoms with van der Waals surface area (Å²) >= 11 is 0. The maximum Gasteiger partial charge on any atom is 0.416 e. The van der Waals surface area contributed by atoms with E-state index in [0.717, 1.165) is 31.6 Å². The van der Waals surface area contributed by atoms with Gasteiger partial charge in [0.2, 0.25) is 11.7 Å². The predicted octanol–water partition coefficient (Wildman–Crippen LogP) is 2.83. The molecule has 1 aromatic heterocycles. The summed E-state index contributed by atoms with van der Waals surface area (Å²) < 4.78 is 43.1. The second-order valence-electron chi connectivity index (χ2n) is 4.72. The first-order chi connectivity index (χ1) is 9.54. The average molecular weight is 283 g/mol. The van der Waals surface area contributed by atoms with Crippen LogP contribution in [0.5, 0.6) is 0 Å². The number of hydrogen-bond acceptors (Lipinski definition) is 4.